The van der Waals surface area contributed by atoms with E-state index in [1.54, 1.807) is 36.4 Å². The number of nitrogens with one attached hydrogen (secondary N) is 4. The fourth-order valence-electron chi connectivity index (χ4n) is 3.99. The van der Waals surface area contributed by atoms with E-state index in [0.29, 0.717) is 36.0 Å². The summed E-state index contributed by atoms with van der Waals surface area (Å²) in [4.78, 5) is 44.8. The molecule has 12 heteroatoms. The topological polar surface area (TPSA) is 151 Å². The monoisotopic (exact) mass is 609 g/mol. The third-order valence-electron chi connectivity index (χ3n) is 6.25. The molecule has 0 bridgehead atoms. The van der Waals surface area contributed by atoms with Crippen LogP contribution in [0.4, 0.5) is 11.5 Å². The molecule has 0 spiro atoms. The number of amides is 3. The Balaban J connectivity index is 1.68. The Labute approximate surface area is 257 Å². The van der Waals surface area contributed by atoms with Gasteiger partial charge in [0.2, 0.25) is 0 Å². The zero-order valence-electron chi connectivity index (χ0n) is 24.6. The Morgan fingerprint density at radius 1 is 0.930 bits per heavy atom. The molecule has 6 N–H and O–H groups in total. The second-order valence-corrected chi connectivity index (χ2v) is 10.6. The van der Waals surface area contributed by atoms with E-state index in [4.69, 9.17) is 22.1 Å². The van der Waals surface area contributed by atoms with Gasteiger partial charge in [-0.25, -0.2) is 4.98 Å². The quantitative estimate of drug-likeness (QED) is 0.114. The summed E-state index contributed by atoms with van der Waals surface area (Å²) in [7, 11) is 3.95. The number of carbonyl (C=O) groups excluding carboxylic acids is 3. The molecule has 11 nitrogen and oxygen atoms in total. The van der Waals surface area contributed by atoms with E-state index in [-0.39, 0.29) is 35.5 Å². The van der Waals surface area contributed by atoms with Crippen molar-refractivity contribution >= 4 is 40.8 Å². The summed E-state index contributed by atoms with van der Waals surface area (Å²) in [5.74, 6) is -0.610. The lowest BCUT2D eigenvalue weighted by molar-refractivity contribution is -0.123. The number of unbranched alkanes of at least 4 members (excludes halogenated alkanes) is 3. The lowest BCUT2D eigenvalue weighted by Crippen LogP contribution is -2.29. The maximum Gasteiger partial charge on any atom is 0.259 e. The average molecular weight is 610 g/mol. The molecule has 0 aliphatic rings. The van der Waals surface area contributed by atoms with Gasteiger partial charge in [-0.1, -0.05) is 36.6 Å². The number of nitrogens with two attached hydrogens (primary N) is 1. The number of hydrogen-bond acceptors (Lipinski definition) is 8. The van der Waals surface area contributed by atoms with Crippen molar-refractivity contribution in [2.75, 3.05) is 51.1 Å². The third-order valence-corrected chi connectivity index (χ3v) is 6.47. The Morgan fingerprint density at radius 3 is 2.40 bits per heavy atom. The van der Waals surface area contributed by atoms with Crippen LogP contribution in [-0.2, 0) is 11.3 Å². The number of halogens is 1. The van der Waals surface area contributed by atoms with Crippen molar-refractivity contribution in [1.29, 1.82) is 0 Å². The molecule has 1 heterocycles. The minimum atomic E-state index is -0.528. The number of nitrogens with zero attached hydrogens (tertiary/aromatic N) is 2. The van der Waals surface area contributed by atoms with Gasteiger partial charge in [-0.15, -0.1) is 0 Å². The van der Waals surface area contributed by atoms with Crippen LogP contribution in [0.1, 0.15) is 52.0 Å². The number of anilines is 2. The number of pyridine rings is 1. The second-order valence-electron chi connectivity index (χ2n) is 10.2. The van der Waals surface area contributed by atoms with Gasteiger partial charge in [0.1, 0.15) is 11.6 Å². The van der Waals surface area contributed by atoms with E-state index in [1.807, 2.05) is 31.1 Å². The van der Waals surface area contributed by atoms with Crippen molar-refractivity contribution in [3.05, 3.63) is 82.5 Å². The fraction of sp³-hybridized carbons (Fsp3) is 0.355. The largest absolute Gasteiger partial charge is 0.484 e. The first-order valence-electron chi connectivity index (χ1n) is 14.2. The van der Waals surface area contributed by atoms with E-state index in [1.165, 1.54) is 12.3 Å². The highest BCUT2D eigenvalue weighted by atomic mass is 35.5. The van der Waals surface area contributed by atoms with Crippen LogP contribution in [0.3, 0.4) is 0 Å². The molecule has 1 aromatic heterocycles. The average Bonchev–Trinajstić information content (AvgIpc) is 2.99. The van der Waals surface area contributed by atoms with Crippen LogP contribution in [0.15, 0.2) is 60.8 Å². The molecule has 3 aromatic rings. The summed E-state index contributed by atoms with van der Waals surface area (Å²) in [5, 5.41) is 12.1. The molecule has 0 saturated heterocycles. The summed E-state index contributed by atoms with van der Waals surface area (Å²) in [6.45, 7) is 2.40. The van der Waals surface area contributed by atoms with Crippen molar-refractivity contribution in [1.82, 2.24) is 20.5 Å². The van der Waals surface area contributed by atoms with Crippen LogP contribution in [-0.4, -0.2) is 68.1 Å². The molecule has 0 unspecified atom stereocenters. The van der Waals surface area contributed by atoms with Crippen LogP contribution in [0.5, 0.6) is 5.75 Å². The van der Waals surface area contributed by atoms with Gasteiger partial charge in [-0.2, -0.15) is 0 Å². The van der Waals surface area contributed by atoms with Gasteiger partial charge >= 0.3 is 0 Å². The zero-order chi connectivity index (χ0) is 31.0. The minimum Gasteiger partial charge on any atom is -0.484 e. The Morgan fingerprint density at radius 2 is 1.70 bits per heavy atom. The van der Waals surface area contributed by atoms with Gasteiger partial charge in [0.05, 0.1) is 16.3 Å². The molecule has 43 heavy (non-hydrogen) atoms. The van der Waals surface area contributed by atoms with E-state index in [2.05, 4.69) is 26.3 Å². The molecule has 3 amide bonds. The molecule has 230 valence electrons. The maximum atomic E-state index is 13.3. The summed E-state index contributed by atoms with van der Waals surface area (Å²) in [6.07, 6.45) is 5.26. The highest BCUT2D eigenvalue weighted by Gasteiger charge is 2.17. The second kappa shape index (κ2) is 17.8. The first-order valence-corrected chi connectivity index (χ1v) is 14.5. The smallest absolute Gasteiger partial charge is 0.259 e. The van der Waals surface area contributed by atoms with Crippen molar-refractivity contribution in [2.45, 2.75) is 32.2 Å². The lowest BCUT2D eigenvalue weighted by Gasteiger charge is -2.14. The molecular formula is C31H40ClN7O4. The number of benzene rings is 2. The van der Waals surface area contributed by atoms with E-state index in [0.717, 1.165) is 37.9 Å². The molecule has 0 fully saturated rings. The summed E-state index contributed by atoms with van der Waals surface area (Å²) in [5.41, 5.74) is 7.37. The van der Waals surface area contributed by atoms with E-state index in [9.17, 15) is 14.4 Å². The summed E-state index contributed by atoms with van der Waals surface area (Å²) >= 11 is 5.91. The Hall–Kier alpha value is -4.03. The number of ether oxygens (including phenoxy) is 1. The van der Waals surface area contributed by atoms with Crippen LogP contribution < -0.4 is 31.7 Å². The summed E-state index contributed by atoms with van der Waals surface area (Å²) < 4.78 is 5.66. The molecule has 0 atom stereocenters. The molecule has 2 aromatic carbocycles. The van der Waals surface area contributed by atoms with Gasteiger partial charge in [0.15, 0.2) is 6.61 Å². The predicted molar refractivity (Wildman–Crippen MR) is 169 cm³/mol. The van der Waals surface area contributed by atoms with Crippen molar-refractivity contribution in [2.24, 2.45) is 5.73 Å². The number of aromatic nitrogens is 1. The molecule has 3 rings (SSSR count). The zero-order valence-corrected chi connectivity index (χ0v) is 25.4. The SMILES string of the molecule is CN(C)CNCc1ccc(C(=O)Nc2ccc(OCC(=O)NCCCCCCN)cc2C(=O)Nc2ccc(Cl)cn2)cc1. The highest BCUT2D eigenvalue weighted by Crippen LogP contribution is 2.24. The molecular weight excluding hydrogens is 570 g/mol. The Bertz CT molecular complexity index is 1330. The molecule has 0 aliphatic heterocycles. The minimum absolute atomic E-state index is 0.132. The van der Waals surface area contributed by atoms with Gasteiger partial charge in [0, 0.05) is 31.5 Å². The van der Waals surface area contributed by atoms with Gasteiger partial charge in [0.25, 0.3) is 17.7 Å². The van der Waals surface area contributed by atoms with Crippen LogP contribution >= 0.6 is 11.6 Å². The molecule has 0 aliphatic carbocycles. The van der Waals surface area contributed by atoms with Gasteiger partial charge < -0.3 is 31.7 Å². The van der Waals surface area contributed by atoms with E-state index < -0.39 is 5.91 Å². The predicted octanol–water partition coefficient (Wildman–Crippen LogP) is 3.86. The van der Waals surface area contributed by atoms with Crippen molar-refractivity contribution < 1.29 is 19.1 Å². The normalized spacial score (nSPS) is 10.8. The van der Waals surface area contributed by atoms with Crippen molar-refractivity contribution in [3.8, 4) is 5.75 Å². The lowest BCUT2D eigenvalue weighted by atomic mass is 10.1. The number of rotatable bonds is 17. The van der Waals surface area contributed by atoms with Crippen LogP contribution in [0.25, 0.3) is 0 Å². The fourth-order valence-corrected chi connectivity index (χ4v) is 4.10. The molecule has 0 radical (unpaired) electrons. The number of hydrogen-bond donors (Lipinski definition) is 5. The standard InChI is InChI=1S/C31H40ClN7O4/c1-39(2)21-34-18-22-7-9-23(10-8-22)30(41)37-27-13-12-25(43-20-29(40)35-16-6-4-3-5-15-33)17-26(27)31(42)38-28-14-11-24(32)19-36-28/h7-14,17,19,34H,3-6,15-16,18,20-21,33H2,1-2H3,(H,35,40)(H,37,41)(H,36,38,42). The number of carbonyl (C=O) groups is 3. The highest BCUT2D eigenvalue weighted by molar-refractivity contribution is 6.30. The molecule has 0 saturated carbocycles. The third kappa shape index (κ3) is 12.0. The van der Waals surface area contributed by atoms with Crippen LogP contribution in [0.2, 0.25) is 5.02 Å². The maximum absolute atomic E-state index is 13.3. The van der Waals surface area contributed by atoms with Crippen LogP contribution in [0, 0.1) is 0 Å². The summed E-state index contributed by atoms with van der Waals surface area (Å²) in [6, 6.07) is 15.0. The van der Waals surface area contributed by atoms with Gasteiger partial charge in [-0.3, -0.25) is 19.3 Å². The first-order chi connectivity index (χ1) is 20.7. The van der Waals surface area contributed by atoms with E-state index >= 15 is 0 Å². The first kappa shape index (κ1) is 33.5. The Kier molecular flexibility index (Phi) is 13.9. The van der Waals surface area contributed by atoms with Gasteiger partial charge in [-0.05, 0) is 81.5 Å². The van der Waals surface area contributed by atoms with Crippen molar-refractivity contribution in [3.63, 3.8) is 0 Å².